The van der Waals surface area contributed by atoms with Crippen LogP contribution < -0.4 is 9.47 Å². The molecule has 3 aromatic heterocycles. The Morgan fingerprint density at radius 2 is 1.98 bits per heavy atom. The smallest absolute Gasteiger partial charge is 0.335 e. The summed E-state index contributed by atoms with van der Waals surface area (Å²) in [6.45, 7) is 2.72. The molecule has 0 radical (unpaired) electrons. The predicted octanol–water partition coefficient (Wildman–Crippen LogP) is 5.31. The number of rotatable bonds is 10. The Morgan fingerprint density at radius 1 is 1.12 bits per heavy atom. The molecule has 0 bridgehead atoms. The second-order valence-corrected chi connectivity index (χ2v) is 10.6. The van der Waals surface area contributed by atoms with E-state index in [0.717, 1.165) is 42.8 Å². The van der Waals surface area contributed by atoms with Crippen LogP contribution in [0, 0.1) is 11.3 Å². The molecule has 0 saturated carbocycles. The minimum atomic E-state index is -0.989. The number of nitriles is 1. The molecule has 1 saturated heterocycles. The number of aromatic nitrogens is 4. The number of ether oxygens (including phenoxy) is 2. The van der Waals surface area contributed by atoms with Gasteiger partial charge in [0, 0.05) is 24.2 Å². The summed E-state index contributed by atoms with van der Waals surface area (Å²) in [5.74, 6) is 1.32. The topological polar surface area (TPSA) is 140 Å². The summed E-state index contributed by atoms with van der Waals surface area (Å²) in [6.07, 6.45) is 4.72. The number of hydrogen-bond acceptors (Lipinski definition) is 9. The first-order valence-corrected chi connectivity index (χ1v) is 14.1. The number of hydrogen-bond donors (Lipinski definition) is 1. The number of aromatic carboxylic acids is 1. The molecule has 2 aromatic carbocycles. The molecule has 1 aliphatic heterocycles. The summed E-state index contributed by atoms with van der Waals surface area (Å²) in [6, 6.07) is 17.5. The summed E-state index contributed by atoms with van der Waals surface area (Å²) in [7, 11) is 0. The van der Waals surface area contributed by atoms with Crippen molar-refractivity contribution in [2.75, 3.05) is 13.1 Å². The molecule has 0 aliphatic carbocycles. The van der Waals surface area contributed by atoms with Crippen molar-refractivity contribution >= 4 is 28.6 Å². The van der Waals surface area contributed by atoms with Gasteiger partial charge in [-0.2, -0.15) is 5.26 Å². The Bertz CT molecular complexity index is 1790. The van der Waals surface area contributed by atoms with Crippen LogP contribution in [0.1, 0.15) is 46.2 Å². The fraction of sp³-hybridized carbons (Fsp3) is 0.258. The van der Waals surface area contributed by atoms with Crippen molar-refractivity contribution in [3.8, 4) is 17.7 Å². The molecule has 43 heavy (non-hydrogen) atoms. The van der Waals surface area contributed by atoms with E-state index < -0.39 is 5.97 Å². The number of likely N-dealkylation sites (tertiary alicyclic amines) is 1. The predicted molar refractivity (Wildman–Crippen MR) is 156 cm³/mol. The second kappa shape index (κ2) is 12.5. The first-order valence-electron chi connectivity index (χ1n) is 13.7. The van der Waals surface area contributed by atoms with Crippen LogP contribution in [-0.2, 0) is 19.7 Å². The summed E-state index contributed by atoms with van der Waals surface area (Å²) in [5, 5.41) is 19.3. The number of nitrogens with zero attached hydrogens (tertiary/aromatic N) is 6. The van der Waals surface area contributed by atoms with Gasteiger partial charge in [-0.3, -0.25) is 4.90 Å². The van der Waals surface area contributed by atoms with Crippen LogP contribution in [0.4, 0.5) is 0 Å². The molecule has 12 heteroatoms. The molecule has 6 rings (SSSR count). The van der Waals surface area contributed by atoms with Gasteiger partial charge in [-0.1, -0.05) is 17.7 Å². The van der Waals surface area contributed by atoms with E-state index in [1.54, 1.807) is 42.6 Å². The molecule has 0 amide bonds. The lowest BCUT2D eigenvalue weighted by Gasteiger charge is -2.31. The largest absolute Gasteiger partial charge is 0.486 e. The quantitative estimate of drug-likeness (QED) is 0.225. The van der Waals surface area contributed by atoms with Crippen molar-refractivity contribution in [1.29, 1.82) is 5.26 Å². The van der Waals surface area contributed by atoms with Crippen LogP contribution in [0.2, 0.25) is 5.02 Å². The number of piperidine rings is 1. The van der Waals surface area contributed by atoms with E-state index in [1.807, 2.05) is 22.8 Å². The lowest BCUT2D eigenvalue weighted by atomic mass is 10.1. The van der Waals surface area contributed by atoms with Gasteiger partial charge in [0.1, 0.15) is 43.2 Å². The molecule has 11 nitrogen and oxygen atoms in total. The van der Waals surface area contributed by atoms with Crippen LogP contribution in [0.3, 0.4) is 0 Å². The molecule has 4 heterocycles. The van der Waals surface area contributed by atoms with Gasteiger partial charge in [0.25, 0.3) is 0 Å². The first kappa shape index (κ1) is 28.2. The van der Waals surface area contributed by atoms with E-state index in [1.165, 1.54) is 6.26 Å². The second-order valence-electron chi connectivity index (χ2n) is 10.2. The number of oxazole rings is 1. The van der Waals surface area contributed by atoms with Gasteiger partial charge in [-0.15, -0.1) is 0 Å². The Morgan fingerprint density at radius 3 is 2.74 bits per heavy atom. The van der Waals surface area contributed by atoms with Gasteiger partial charge in [-0.25, -0.2) is 19.7 Å². The van der Waals surface area contributed by atoms with Gasteiger partial charge in [0.2, 0.25) is 11.8 Å². The average molecular weight is 599 g/mol. The van der Waals surface area contributed by atoms with E-state index in [4.69, 9.17) is 30.5 Å². The minimum absolute atomic E-state index is 0.00522. The highest BCUT2D eigenvalue weighted by Crippen LogP contribution is 2.25. The number of carbonyl (C=O) groups is 1. The summed E-state index contributed by atoms with van der Waals surface area (Å²) >= 11 is 5.97. The Hall–Kier alpha value is -4.92. The third kappa shape index (κ3) is 6.61. The van der Waals surface area contributed by atoms with Crippen LogP contribution in [0.5, 0.6) is 11.6 Å². The van der Waals surface area contributed by atoms with E-state index >= 15 is 0 Å². The number of pyridine rings is 1. The number of fused-ring (bicyclic) bond motifs is 1. The lowest BCUT2D eigenvalue weighted by Crippen LogP contribution is -2.38. The number of imidazole rings is 1. The van der Waals surface area contributed by atoms with E-state index in [-0.39, 0.29) is 18.3 Å². The summed E-state index contributed by atoms with van der Waals surface area (Å²) in [5.41, 5.74) is 2.70. The van der Waals surface area contributed by atoms with Crippen molar-refractivity contribution in [1.82, 2.24) is 24.4 Å². The molecule has 5 aromatic rings. The van der Waals surface area contributed by atoms with E-state index in [2.05, 4.69) is 20.9 Å². The highest BCUT2D eigenvalue weighted by atomic mass is 35.5. The highest BCUT2D eigenvalue weighted by Gasteiger charge is 2.24. The average Bonchev–Trinajstić information content (AvgIpc) is 3.65. The minimum Gasteiger partial charge on any atom is -0.486 e. The van der Waals surface area contributed by atoms with Gasteiger partial charge < -0.3 is 23.6 Å². The number of benzene rings is 2. The molecule has 218 valence electrons. The third-order valence-electron chi connectivity index (χ3n) is 7.26. The van der Waals surface area contributed by atoms with Crippen LogP contribution in [0.25, 0.3) is 11.0 Å². The van der Waals surface area contributed by atoms with E-state index in [0.29, 0.717) is 46.9 Å². The van der Waals surface area contributed by atoms with E-state index in [9.17, 15) is 15.2 Å². The number of halogens is 1. The maximum absolute atomic E-state index is 11.6. The van der Waals surface area contributed by atoms with Crippen molar-refractivity contribution in [3.05, 3.63) is 101 Å². The molecule has 1 fully saturated rings. The van der Waals surface area contributed by atoms with Gasteiger partial charge in [0.15, 0.2) is 0 Å². The Kier molecular flexibility index (Phi) is 8.22. The van der Waals surface area contributed by atoms with Crippen molar-refractivity contribution < 1.29 is 23.8 Å². The molecule has 0 spiro atoms. The molecule has 1 aliphatic rings. The van der Waals surface area contributed by atoms with Crippen LogP contribution in [-0.4, -0.2) is 54.7 Å². The van der Waals surface area contributed by atoms with Gasteiger partial charge in [0.05, 0.1) is 40.6 Å². The zero-order valence-electron chi connectivity index (χ0n) is 23.0. The zero-order valence-corrected chi connectivity index (χ0v) is 23.8. The highest BCUT2D eigenvalue weighted by molar-refractivity contribution is 6.30. The monoisotopic (exact) mass is 598 g/mol. The van der Waals surface area contributed by atoms with Gasteiger partial charge >= 0.3 is 5.97 Å². The normalized spacial score (nSPS) is 14.0. The fourth-order valence-corrected chi connectivity index (χ4v) is 5.27. The third-order valence-corrected chi connectivity index (χ3v) is 7.49. The lowest BCUT2D eigenvalue weighted by molar-refractivity contribution is 0.0697. The first-order chi connectivity index (χ1) is 20.9. The van der Waals surface area contributed by atoms with Crippen molar-refractivity contribution in [2.24, 2.45) is 0 Å². The van der Waals surface area contributed by atoms with Crippen molar-refractivity contribution in [3.63, 3.8) is 0 Å². The molecule has 1 N–H and O–H groups in total. The SMILES string of the molecule is N#Cc1cc(Cl)ccc1OCc1cccc(OC2CCN(Cc3nc4ccc(C(=O)O)cc4n3Cc3ncco3)CC2)n1. The zero-order chi connectivity index (χ0) is 29.8. The Labute approximate surface area is 251 Å². The summed E-state index contributed by atoms with van der Waals surface area (Å²) in [4.78, 5) is 27.6. The fourth-order valence-electron chi connectivity index (χ4n) is 5.10. The van der Waals surface area contributed by atoms with Crippen LogP contribution >= 0.6 is 11.6 Å². The Balaban J connectivity index is 1.08. The number of carboxylic acids is 1. The maximum atomic E-state index is 11.6. The molecule has 0 unspecified atom stereocenters. The number of carboxylic acid groups (broad SMARTS) is 1. The molecular formula is C31H27ClN6O5. The van der Waals surface area contributed by atoms with Gasteiger partial charge in [-0.05, 0) is 55.3 Å². The van der Waals surface area contributed by atoms with Crippen molar-refractivity contribution in [2.45, 2.75) is 38.6 Å². The molecule has 0 atom stereocenters. The van der Waals surface area contributed by atoms with Crippen LogP contribution in [0.15, 0.2) is 71.5 Å². The summed E-state index contributed by atoms with van der Waals surface area (Å²) < 4.78 is 19.5. The standard InChI is InChI=1S/C31H27ClN6O5/c32-22-5-7-27(21(14-22)16-33)42-19-23-2-1-3-29(35-23)43-24-8-11-37(12-9-24)17-28-36-25-6-4-20(31(39)40)15-26(25)38(28)18-30-34-10-13-41-30/h1-7,10,13-15,24H,8-9,11-12,17-19H2,(H,39,40). The maximum Gasteiger partial charge on any atom is 0.335 e. The molecular weight excluding hydrogens is 572 g/mol.